The van der Waals surface area contributed by atoms with Crippen LogP contribution in [0, 0.1) is 0 Å². The van der Waals surface area contributed by atoms with E-state index < -0.39 is 0 Å². The van der Waals surface area contributed by atoms with Crippen LogP contribution in [-0.4, -0.2) is 23.1 Å². The van der Waals surface area contributed by atoms with Gasteiger partial charge in [0, 0.05) is 22.3 Å². The van der Waals surface area contributed by atoms with E-state index in [4.69, 9.17) is 0 Å². The number of para-hydroxylation sites is 1. The maximum Gasteiger partial charge on any atom is 0.116 e. The van der Waals surface area contributed by atoms with Gasteiger partial charge in [0.05, 0.1) is 11.2 Å². The molecule has 1 aromatic carbocycles. The zero-order chi connectivity index (χ0) is 11.7. The number of halogens is 1. The van der Waals surface area contributed by atoms with E-state index in [0.29, 0.717) is 5.92 Å². The largest absolute Gasteiger partial charge is 0.316 e. The lowest BCUT2D eigenvalue weighted by Gasteiger charge is -2.23. The topological polar surface area (TPSA) is 37.8 Å². The summed E-state index contributed by atoms with van der Waals surface area (Å²) in [5, 5.41) is 4.62. The van der Waals surface area contributed by atoms with Gasteiger partial charge in [0.2, 0.25) is 0 Å². The first kappa shape index (κ1) is 11.1. The molecule has 1 N–H and O–H groups in total. The smallest absolute Gasteiger partial charge is 0.116 e. The Kier molecular flexibility index (Phi) is 3.07. The molecule has 1 aliphatic rings. The minimum atomic E-state index is 0.517. The van der Waals surface area contributed by atoms with Crippen LogP contribution in [-0.2, 0) is 0 Å². The Hall–Kier alpha value is -1.00. The Morgan fingerprint density at radius 1 is 1.29 bits per heavy atom. The fourth-order valence-electron chi connectivity index (χ4n) is 2.48. The fraction of sp³-hybridized carbons (Fsp3) is 0.385. The van der Waals surface area contributed by atoms with Crippen LogP contribution in [0.25, 0.3) is 10.9 Å². The lowest BCUT2D eigenvalue weighted by atomic mass is 9.93. The van der Waals surface area contributed by atoms with E-state index in [1.807, 2.05) is 6.07 Å². The van der Waals surface area contributed by atoms with E-state index in [1.165, 1.54) is 23.9 Å². The van der Waals surface area contributed by atoms with Gasteiger partial charge in [-0.2, -0.15) is 0 Å². The SMILES string of the molecule is Brc1cccc2c(C3CCCNC3)ncnc12. The average Bonchev–Trinajstić information content (AvgIpc) is 2.40. The summed E-state index contributed by atoms with van der Waals surface area (Å²) in [6.45, 7) is 2.15. The van der Waals surface area contributed by atoms with Crippen LogP contribution >= 0.6 is 15.9 Å². The molecule has 3 rings (SSSR count). The van der Waals surface area contributed by atoms with Gasteiger partial charge >= 0.3 is 0 Å². The second kappa shape index (κ2) is 4.70. The molecular weight excluding hydrogens is 278 g/mol. The summed E-state index contributed by atoms with van der Waals surface area (Å²) in [6.07, 6.45) is 4.12. The van der Waals surface area contributed by atoms with Gasteiger partial charge in [-0.25, -0.2) is 9.97 Å². The Bertz CT molecular complexity index is 535. The van der Waals surface area contributed by atoms with Gasteiger partial charge < -0.3 is 5.32 Å². The molecule has 1 atom stereocenters. The molecule has 4 heteroatoms. The van der Waals surface area contributed by atoms with Crippen LogP contribution in [0.1, 0.15) is 24.5 Å². The third-order valence-electron chi connectivity index (χ3n) is 3.33. The molecule has 1 aliphatic heterocycles. The third-order valence-corrected chi connectivity index (χ3v) is 3.97. The molecule has 1 saturated heterocycles. The molecule has 2 aromatic rings. The molecule has 88 valence electrons. The highest BCUT2D eigenvalue weighted by molar-refractivity contribution is 9.10. The average molecular weight is 292 g/mol. The van der Waals surface area contributed by atoms with Gasteiger partial charge in [-0.1, -0.05) is 12.1 Å². The van der Waals surface area contributed by atoms with Crippen LogP contribution < -0.4 is 5.32 Å². The lowest BCUT2D eigenvalue weighted by Crippen LogP contribution is -2.29. The molecule has 1 fully saturated rings. The Morgan fingerprint density at radius 2 is 2.24 bits per heavy atom. The molecule has 2 heterocycles. The first-order chi connectivity index (χ1) is 8.36. The number of nitrogens with zero attached hydrogens (tertiary/aromatic N) is 2. The Labute approximate surface area is 109 Å². The van der Waals surface area contributed by atoms with Crippen molar-refractivity contribution in [3.05, 3.63) is 34.7 Å². The van der Waals surface area contributed by atoms with Crippen LogP contribution in [0.4, 0.5) is 0 Å². The number of hydrogen-bond acceptors (Lipinski definition) is 3. The van der Waals surface area contributed by atoms with Crippen molar-refractivity contribution in [1.82, 2.24) is 15.3 Å². The molecule has 1 unspecified atom stereocenters. The maximum atomic E-state index is 4.50. The van der Waals surface area contributed by atoms with Crippen molar-refractivity contribution in [2.75, 3.05) is 13.1 Å². The van der Waals surface area contributed by atoms with Crippen molar-refractivity contribution in [1.29, 1.82) is 0 Å². The lowest BCUT2D eigenvalue weighted by molar-refractivity contribution is 0.456. The van der Waals surface area contributed by atoms with Crippen molar-refractivity contribution < 1.29 is 0 Å². The van der Waals surface area contributed by atoms with Crippen molar-refractivity contribution in [3.63, 3.8) is 0 Å². The molecule has 1 aromatic heterocycles. The molecule has 0 aliphatic carbocycles. The second-order valence-electron chi connectivity index (χ2n) is 4.44. The predicted molar refractivity (Wildman–Crippen MR) is 72.1 cm³/mol. The number of piperidine rings is 1. The van der Waals surface area contributed by atoms with Gasteiger partial charge in [-0.3, -0.25) is 0 Å². The van der Waals surface area contributed by atoms with Gasteiger partial charge in [0.15, 0.2) is 0 Å². The standard InChI is InChI=1S/C13H14BrN3/c14-11-5-1-4-10-12(16-8-17-13(10)11)9-3-2-6-15-7-9/h1,4-5,8-9,15H,2-3,6-7H2. The molecule has 0 spiro atoms. The van der Waals surface area contributed by atoms with Gasteiger partial charge in [0.1, 0.15) is 6.33 Å². The number of rotatable bonds is 1. The molecule has 0 amide bonds. The van der Waals surface area contributed by atoms with E-state index in [9.17, 15) is 0 Å². The van der Waals surface area contributed by atoms with Crippen LogP contribution in [0.3, 0.4) is 0 Å². The summed E-state index contributed by atoms with van der Waals surface area (Å²) in [5.74, 6) is 0.517. The summed E-state index contributed by atoms with van der Waals surface area (Å²) in [4.78, 5) is 8.86. The highest BCUT2D eigenvalue weighted by Gasteiger charge is 2.19. The van der Waals surface area contributed by atoms with E-state index in [0.717, 1.165) is 23.1 Å². The molecule has 0 bridgehead atoms. The number of nitrogens with one attached hydrogen (secondary N) is 1. The van der Waals surface area contributed by atoms with Crippen LogP contribution in [0.5, 0.6) is 0 Å². The van der Waals surface area contributed by atoms with E-state index in [1.54, 1.807) is 6.33 Å². The van der Waals surface area contributed by atoms with E-state index in [2.05, 4.69) is 43.3 Å². The molecular formula is C13H14BrN3. The highest BCUT2D eigenvalue weighted by Crippen LogP contribution is 2.30. The zero-order valence-electron chi connectivity index (χ0n) is 9.49. The minimum Gasteiger partial charge on any atom is -0.316 e. The summed E-state index contributed by atoms with van der Waals surface area (Å²) < 4.78 is 1.04. The van der Waals surface area contributed by atoms with Gasteiger partial charge in [-0.15, -0.1) is 0 Å². The van der Waals surface area contributed by atoms with Crippen LogP contribution in [0.2, 0.25) is 0 Å². The summed E-state index contributed by atoms with van der Waals surface area (Å²) in [6, 6.07) is 6.19. The van der Waals surface area contributed by atoms with Crippen molar-refractivity contribution in [2.24, 2.45) is 0 Å². The first-order valence-corrected chi connectivity index (χ1v) is 6.75. The Balaban J connectivity index is 2.12. The van der Waals surface area contributed by atoms with Crippen LogP contribution in [0.15, 0.2) is 29.0 Å². The normalized spacial score (nSPS) is 20.6. The summed E-state index contributed by atoms with van der Waals surface area (Å²) in [7, 11) is 0. The maximum absolute atomic E-state index is 4.50. The number of aromatic nitrogens is 2. The second-order valence-corrected chi connectivity index (χ2v) is 5.29. The van der Waals surface area contributed by atoms with Gasteiger partial charge in [0.25, 0.3) is 0 Å². The fourth-order valence-corrected chi connectivity index (χ4v) is 2.95. The quantitative estimate of drug-likeness (QED) is 0.878. The predicted octanol–water partition coefficient (Wildman–Crippen LogP) is 2.86. The van der Waals surface area contributed by atoms with E-state index >= 15 is 0 Å². The Morgan fingerprint density at radius 3 is 3.06 bits per heavy atom. The first-order valence-electron chi connectivity index (χ1n) is 5.96. The number of fused-ring (bicyclic) bond motifs is 1. The van der Waals surface area contributed by atoms with Crippen molar-refractivity contribution in [3.8, 4) is 0 Å². The zero-order valence-corrected chi connectivity index (χ0v) is 11.1. The van der Waals surface area contributed by atoms with E-state index in [-0.39, 0.29) is 0 Å². The highest BCUT2D eigenvalue weighted by atomic mass is 79.9. The minimum absolute atomic E-state index is 0.517. The van der Waals surface area contributed by atoms with Crippen molar-refractivity contribution >= 4 is 26.8 Å². The summed E-state index contributed by atoms with van der Waals surface area (Å²) in [5.41, 5.74) is 2.20. The molecule has 0 saturated carbocycles. The number of benzene rings is 1. The molecule has 17 heavy (non-hydrogen) atoms. The monoisotopic (exact) mass is 291 g/mol. The molecule has 3 nitrogen and oxygen atoms in total. The number of hydrogen-bond donors (Lipinski definition) is 1. The molecule has 0 radical (unpaired) electrons. The third kappa shape index (κ3) is 2.07. The van der Waals surface area contributed by atoms with Crippen molar-refractivity contribution in [2.45, 2.75) is 18.8 Å². The van der Waals surface area contributed by atoms with Gasteiger partial charge in [-0.05, 0) is 41.4 Å². The summed E-state index contributed by atoms with van der Waals surface area (Å²) >= 11 is 3.55.